The van der Waals surface area contributed by atoms with E-state index in [1.54, 1.807) is 0 Å². The summed E-state index contributed by atoms with van der Waals surface area (Å²) in [6.07, 6.45) is 0. The zero-order valence-corrected chi connectivity index (χ0v) is 12.4. The smallest absolute Gasteiger partial charge is 0.0446 e. The maximum atomic E-state index is 5.84. The van der Waals surface area contributed by atoms with Crippen LogP contribution < -0.4 is 10.6 Å². The van der Waals surface area contributed by atoms with Crippen LogP contribution in [0, 0.1) is 5.92 Å². The van der Waals surface area contributed by atoms with Crippen LogP contribution in [0.5, 0.6) is 0 Å². The van der Waals surface area contributed by atoms with Crippen molar-refractivity contribution in [1.82, 2.24) is 0 Å². The number of benzene rings is 2. The molecular weight excluding hydrogens is 232 g/mol. The molecule has 19 heavy (non-hydrogen) atoms. The summed E-state index contributed by atoms with van der Waals surface area (Å²) in [4.78, 5) is 2.37. The quantitative estimate of drug-likeness (QED) is 0.902. The molecule has 0 aliphatic heterocycles. The van der Waals surface area contributed by atoms with Crippen molar-refractivity contribution < 1.29 is 0 Å². The standard InChI is InChI=1S/C17H24N2/c1-12(2)13(3)19(4)17-10-9-14(11-18)15-7-5-6-8-16(15)17/h5-10,12-13H,11,18H2,1-4H3. The molecule has 2 N–H and O–H groups in total. The lowest BCUT2D eigenvalue weighted by atomic mass is 9.99. The highest BCUT2D eigenvalue weighted by atomic mass is 15.1. The Kier molecular flexibility index (Phi) is 4.11. The fraction of sp³-hybridized carbons (Fsp3) is 0.412. The van der Waals surface area contributed by atoms with E-state index in [-0.39, 0.29) is 0 Å². The second kappa shape index (κ2) is 5.62. The van der Waals surface area contributed by atoms with Gasteiger partial charge < -0.3 is 10.6 Å². The Hall–Kier alpha value is -1.54. The molecule has 2 rings (SSSR count). The second-order valence-corrected chi connectivity index (χ2v) is 5.59. The molecule has 0 aliphatic carbocycles. The highest BCUT2D eigenvalue weighted by Gasteiger charge is 2.16. The van der Waals surface area contributed by atoms with E-state index in [0.717, 1.165) is 0 Å². The summed E-state index contributed by atoms with van der Waals surface area (Å²) in [6, 6.07) is 13.4. The molecule has 0 saturated heterocycles. The van der Waals surface area contributed by atoms with Crippen molar-refractivity contribution in [2.75, 3.05) is 11.9 Å². The van der Waals surface area contributed by atoms with Crippen LogP contribution in [0.1, 0.15) is 26.3 Å². The van der Waals surface area contributed by atoms with Crippen LogP contribution >= 0.6 is 0 Å². The summed E-state index contributed by atoms with van der Waals surface area (Å²) in [5.74, 6) is 0.623. The van der Waals surface area contributed by atoms with Gasteiger partial charge >= 0.3 is 0 Å². The van der Waals surface area contributed by atoms with Crippen molar-refractivity contribution in [2.45, 2.75) is 33.4 Å². The van der Waals surface area contributed by atoms with E-state index in [0.29, 0.717) is 18.5 Å². The Morgan fingerprint density at radius 1 is 1.00 bits per heavy atom. The molecule has 2 heteroatoms. The lowest BCUT2D eigenvalue weighted by molar-refractivity contribution is 0.506. The van der Waals surface area contributed by atoms with Crippen LogP contribution in [0.25, 0.3) is 10.8 Å². The number of nitrogens with two attached hydrogens (primary N) is 1. The van der Waals surface area contributed by atoms with Crippen molar-refractivity contribution in [3.05, 3.63) is 42.0 Å². The summed E-state index contributed by atoms with van der Waals surface area (Å²) in [5, 5.41) is 2.56. The first-order valence-electron chi connectivity index (χ1n) is 6.99. The predicted molar refractivity (Wildman–Crippen MR) is 84.5 cm³/mol. The predicted octanol–water partition coefficient (Wildman–Crippen LogP) is 3.78. The number of fused-ring (bicyclic) bond motifs is 1. The minimum Gasteiger partial charge on any atom is -0.371 e. The van der Waals surface area contributed by atoms with Gasteiger partial charge in [-0.25, -0.2) is 0 Å². The number of anilines is 1. The largest absolute Gasteiger partial charge is 0.371 e. The summed E-state index contributed by atoms with van der Waals surface area (Å²) >= 11 is 0. The lowest BCUT2D eigenvalue weighted by Crippen LogP contribution is -2.33. The highest BCUT2D eigenvalue weighted by molar-refractivity contribution is 5.96. The van der Waals surface area contributed by atoms with E-state index in [1.807, 2.05) is 0 Å². The Balaban J connectivity index is 2.56. The minimum atomic E-state index is 0.507. The van der Waals surface area contributed by atoms with E-state index in [2.05, 4.69) is 69.1 Å². The molecule has 0 radical (unpaired) electrons. The van der Waals surface area contributed by atoms with Crippen LogP contribution in [0.3, 0.4) is 0 Å². The zero-order valence-electron chi connectivity index (χ0n) is 12.4. The minimum absolute atomic E-state index is 0.507. The third-order valence-corrected chi connectivity index (χ3v) is 4.17. The van der Waals surface area contributed by atoms with Crippen molar-refractivity contribution in [3.63, 3.8) is 0 Å². The van der Waals surface area contributed by atoms with Gasteiger partial charge in [0, 0.05) is 30.7 Å². The molecule has 0 fully saturated rings. The Morgan fingerprint density at radius 3 is 2.21 bits per heavy atom. The molecule has 1 unspecified atom stereocenters. The molecule has 2 aromatic carbocycles. The average Bonchev–Trinajstić information content (AvgIpc) is 2.44. The molecule has 0 heterocycles. The third kappa shape index (κ3) is 2.59. The van der Waals surface area contributed by atoms with Gasteiger partial charge in [-0.15, -0.1) is 0 Å². The van der Waals surface area contributed by atoms with Crippen molar-refractivity contribution in [2.24, 2.45) is 11.7 Å². The van der Waals surface area contributed by atoms with E-state index >= 15 is 0 Å². The fourth-order valence-corrected chi connectivity index (χ4v) is 2.50. The van der Waals surface area contributed by atoms with Gasteiger partial charge in [-0.2, -0.15) is 0 Å². The molecule has 2 nitrogen and oxygen atoms in total. The van der Waals surface area contributed by atoms with Gasteiger partial charge in [-0.3, -0.25) is 0 Å². The van der Waals surface area contributed by atoms with Gasteiger partial charge in [0.25, 0.3) is 0 Å². The van der Waals surface area contributed by atoms with E-state index < -0.39 is 0 Å². The molecule has 0 aromatic heterocycles. The Morgan fingerprint density at radius 2 is 1.63 bits per heavy atom. The van der Waals surface area contributed by atoms with Gasteiger partial charge in [-0.1, -0.05) is 44.2 Å². The Labute approximate surface area is 116 Å². The fourth-order valence-electron chi connectivity index (χ4n) is 2.50. The molecule has 0 spiro atoms. The normalized spacial score (nSPS) is 12.9. The van der Waals surface area contributed by atoms with E-state index in [9.17, 15) is 0 Å². The molecule has 102 valence electrons. The molecule has 0 aliphatic rings. The first kappa shape index (κ1) is 13.9. The Bertz CT molecular complexity index is 560. The van der Waals surface area contributed by atoms with Crippen LogP contribution in [0.2, 0.25) is 0 Å². The third-order valence-electron chi connectivity index (χ3n) is 4.17. The topological polar surface area (TPSA) is 29.3 Å². The molecule has 2 aromatic rings. The van der Waals surface area contributed by atoms with Crippen molar-refractivity contribution in [3.8, 4) is 0 Å². The van der Waals surface area contributed by atoms with Gasteiger partial charge in [0.2, 0.25) is 0 Å². The summed E-state index contributed by atoms with van der Waals surface area (Å²) in [7, 11) is 2.18. The molecule has 1 atom stereocenters. The molecule has 0 amide bonds. The van der Waals surface area contributed by atoms with Crippen LogP contribution in [0.4, 0.5) is 5.69 Å². The summed E-state index contributed by atoms with van der Waals surface area (Å²) in [5.41, 5.74) is 8.34. The molecule has 0 bridgehead atoms. The highest BCUT2D eigenvalue weighted by Crippen LogP contribution is 2.30. The second-order valence-electron chi connectivity index (χ2n) is 5.59. The van der Waals surface area contributed by atoms with Crippen molar-refractivity contribution in [1.29, 1.82) is 0 Å². The van der Waals surface area contributed by atoms with E-state index in [1.165, 1.54) is 22.0 Å². The van der Waals surface area contributed by atoms with Gasteiger partial charge in [0.15, 0.2) is 0 Å². The SMILES string of the molecule is CC(C)C(C)N(C)c1ccc(CN)c2ccccc12. The van der Waals surface area contributed by atoms with Crippen LogP contribution in [-0.2, 0) is 6.54 Å². The number of nitrogens with zero attached hydrogens (tertiary/aromatic N) is 1. The van der Waals surface area contributed by atoms with E-state index in [4.69, 9.17) is 5.73 Å². The maximum Gasteiger partial charge on any atom is 0.0446 e. The van der Waals surface area contributed by atoms with Crippen LogP contribution in [0.15, 0.2) is 36.4 Å². The van der Waals surface area contributed by atoms with Gasteiger partial charge in [0.1, 0.15) is 0 Å². The maximum absolute atomic E-state index is 5.84. The summed E-state index contributed by atoms with van der Waals surface area (Å²) < 4.78 is 0. The average molecular weight is 256 g/mol. The monoisotopic (exact) mass is 256 g/mol. The number of rotatable bonds is 4. The molecule has 0 saturated carbocycles. The first-order valence-corrected chi connectivity index (χ1v) is 6.99. The first-order chi connectivity index (χ1) is 9.06. The van der Waals surface area contributed by atoms with Crippen molar-refractivity contribution >= 4 is 16.5 Å². The zero-order chi connectivity index (χ0) is 14.0. The van der Waals surface area contributed by atoms with Crippen LogP contribution in [-0.4, -0.2) is 13.1 Å². The number of hydrogen-bond donors (Lipinski definition) is 1. The van der Waals surface area contributed by atoms with Gasteiger partial charge in [-0.05, 0) is 29.9 Å². The summed E-state index contributed by atoms with van der Waals surface area (Å²) in [6.45, 7) is 7.38. The molecular formula is C17H24N2. The van der Waals surface area contributed by atoms with Gasteiger partial charge in [0.05, 0.1) is 0 Å². The number of hydrogen-bond acceptors (Lipinski definition) is 2. The lowest BCUT2D eigenvalue weighted by Gasteiger charge is -2.31.